The Kier molecular flexibility index (Phi) is 2.08. The molecule has 0 unspecified atom stereocenters. The lowest BCUT2D eigenvalue weighted by molar-refractivity contribution is 1.35. The Bertz CT molecular complexity index is 593. The van der Waals surface area contributed by atoms with Gasteiger partial charge in [0.1, 0.15) is 0 Å². The van der Waals surface area contributed by atoms with Crippen LogP contribution in [0.1, 0.15) is 5.01 Å². The van der Waals surface area contributed by atoms with E-state index in [-0.39, 0.29) is 0 Å². The minimum absolute atomic E-state index is 1.11. The van der Waals surface area contributed by atoms with Crippen molar-refractivity contribution in [3.05, 3.63) is 40.0 Å². The largest absolute Gasteiger partial charge is 0.241 e. The smallest absolute Gasteiger partial charge is 0.0907 e. The number of nitrogens with zero attached hydrogens (tertiary/aromatic N) is 1. The second-order valence-electron chi connectivity index (χ2n) is 3.43. The normalized spacial score (nSPS) is 11.0. The van der Waals surface area contributed by atoms with Crippen LogP contribution in [0.15, 0.2) is 35.0 Å². The summed E-state index contributed by atoms with van der Waals surface area (Å²) in [5, 5.41) is 5.40. The molecule has 0 aliphatic carbocycles. The van der Waals surface area contributed by atoms with E-state index >= 15 is 0 Å². The fourth-order valence-electron chi connectivity index (χ4n) is 1.65. The molecule has 0 radical (unpaired) electrons. The van der Waals surface area contributed by atoms with Gasteiger partial charge in [-0.1, -0.05) is 6.07 Å². The molecule has 0 saturated carbocycles. The van der Waals surface area contributed by atoms with Crippen molar-refractivity contribution in [2.24, 2.45) is 0 Å². The summed E-state index contributed by atoms with van der Waals surface area (Å²) >= 11 is 3.48. The Labute approximate surface area is 96.0 Å². The van der Waals surface area contributed by atoms with Gasteiger partial charge in [0.15, 0.2) is 0 Å². The van der Waals surface area contributed by atoms with Crippen LogP contribution in [0.2, 0.25) is 0 Å². The van der Waals surface area contributed by atoms with Crippen molar-refractivity contribution in [1.82, 2.24) is 4.98 Å². The maximum Gasteiger partial charge on any atom is 0.0907 e. The number of thiophene rings is 1. The number of hydrogen-bond acceptors (Lipinski definition) is 3. The van der Waals surface area contributed by atoms with Crippen molar-refractivity contribution in [3.8, 4) is 11.1 Å². The van der Waals surface area contributed by atoms with Crippen molar-refractivity contribution in [1.29, 1.82) is 0 Å². The molecule has 3 rings (SSSR count). The lowest BCUT2D eigenvalue weighted by Gasteiger charge is -1.96. The van der Waals surface area contributed by atoms with Gasteiger partial charge in [-0.05, 0) is 47.0 Å². The number of aromatic nitrogens is 1. The fourth-order valence-corrected chi connectivity index (χ4v) is 3.12. The van der Waals surface area contributed by atoms with Gasteiger partial charge in [-0.2, -0.15) is 11.3 Å². The molecule has 0 N–H and O–H groups in total. The molecule has 0 aliphatic rings. The first-order valence-corrected chi connectivity index (χ1v) is 6.48. The second kappa shape index (κ2) is 3.43. The van der Waals surface area contributed by atoms with Gasteiger partial charge in [-0.25, -0.2) is 4.98 Å². The minimum Gasteiger partial charge on any atom is -0.241 e. The highest BCUT2D eigenvalue weighted by molar-refractivity contribution is 7.18. The Morgan fingerprint density at radius 2 is 2.07 bits per heavy atom. The highest BCUT2D eigenvalue weighted by atomic mass is 32.1. The van der Waals surface area contributed by atoms with Crippen LogP contribution < -0.4 is 0 Å². The van der Waals surface area contributed by atoms with E-state index < -0.39 is 0 Å². The van der Waals surface area contributed by atoms with Gasteiger partial charge in [0, 0.05) is 0 Å². The third-order valence-corrected chi connectivity index (χ3v) is 3.98. The van der Waals surface area contributed by atoms with E-state index in [9.17, 15) is 0 Å². The maximum atomic E-state index is 4.51. The van der Waals surface area contributed by atoms with E-state index in [1.807, 2.05) is 0 Å². The molecule has 74 valence electrons. The number of fused-ring (bicyclic) bond motifs is 1. The van der Waals surface area contributed by atoms with Crippen LogP contribution >= 0.6 is 22.7 Å². The van der Waals surface area contributed by atoms with Crippen molar-refractivity contribution >= 4 is 32.9 Å². The molecule has 15 heavy (non-hydrogen) atoms. The van der Waals surface area contributed by atoms with Gasteiger partial charge < -0.3 is 0 Å². The van der Waals surface area contributed by atoms with Crippen LogP contribution in [0.5, 0.6) is 0 Å². The Morgan fingerprint density at radius 3 is 2.87 bits per heavy atom. The molecule has 3 aromatic rings. The van der Waals surface area contributed by atoms with Gasteiger partial charge in [-0.15, -0.1) is 11.3 Å². The lowest BCUT2D eigenvalue weighted by Crippen LogP contribution is -1.74. The predicted molar refractivity (Wildman–Crippen MR) is 67.7 cm³/mol. The van der Waals surface area contributed by atoms with Crippen LogP contribution in [-0.4, -0.2) is 4.98 Å². The summed E-state index contributed by atoms with van der Waals surface area (Å²) in [5.74, 6) is 0. The monoisotopic (exact) mass is 231 g/mol. The molecular weight excluding hydrogens is 222 g/mol. The zero-order valence-corrected chi connectivity index (χ0v) is 9.86. The molecule has 0 fully saturated rings. The van der Waals surface area contributed by atoms with Crippen LogP contribution in [0.4, 0.5) is 0 Å². The molecule has 0 amide bonds. The lowest BCUT2D eigenvalue weighted by atomic mass is 10.1. The number of hydrogen-bond donors (Lipinski definition) is 0. The first kappa shape index (κ1) is 9.07. The molecule has 1 aromatic carbocycles. The van der Waals surface area contributed by atoms with E-state index in [1.165, 1.54) is 15.8 Å². The van der Waals surface area contributed by atoms with Gasteiger partial charge in [-0.3, -0.25) is 0 Å². The molecule has 0 saturated heterocycles. The third kappa shape index (κ3) is 1.58. The average Bonchev–Trinajstić information content (AvgIpc) is 2.82. The zero-order chi connectivity index (χ0) is 10.3. The maximum absolute atomic E-state index is 4.51. The molecule has 3 heteroatoms. The van der Waals surface area contributed by atoms with E-state index in [1.54, 1.807) is 22.7 Å². The van der Waals surface area contributed by atoms with Gasteiger partial charge in [0.2, 0.25) is 0 Å². The van der Waals surface area contributed by atoms with Gasteiger partial charge >= 0.3 is 0 Å². The molecule has 2 heterocycles. The SMILES string of the molecule is Cc1nc2cc(-c3ccsc3)ccc2s1. The summed E-state index contributed by atoms with van der Waals surface area (Å²) in [6.45, 7) is 2.05. The summed E-state index contributed by atoms with van der Waals surface area (Å²) in [6, 6.07) is 8.64. The zero-order valence-electron chi connectivity index (χ0n) is 8.23. The molecule has 2 aromatic heterocycles. The quantitative estimate of drug-likeness (QED) is 0.607. The van der Waals surface area contributed by atoms with Crippen LogP contribution in [-0.2, 0) is 0 Å². The summed E-state index contributed by atoms with van der Waals surface area (Å²) < 4.78 is 1.27. The van der Waals surface area contributed by atoms with E-state index in [4.69, 9.17) is 0 Å². The van der Waals surface area contributed by atoms with Crippen molar-refractivity contribution in [2.75, 3.05) is 0 Å². The minimum atomic E-state index is 1.11. The van der Waals surface area contributed by atoms with Gasteiger partial charge in [0.25, 0.3) is 0 Å². The summed E-state index contributed by atoms with van der Waals surface area (Å²) in [6.07, 6.45) is 0. The van der Waals surface area contributed by atoms with Gasteiger partial charge in [0.05, 0.1) is 15.2 Å². The molecule has 0 bridgehead atoms. The van der Waals surface area contributed by atoms with Crippen LogP contribution in [0.25, 0.3) is 21.3 Å². The standard InChI is InChI=1S/C12H9NS2/c1-8-13-11-6-9(2-3-12(11)15-8)10-4-5-14-7-10/h2-7H,1H3. The molecule has 0 spiro atoms. The molecule has 0 aliphatic heterocycles. The summed E-state index contributed by atoms with van der Waals surface area (Å²) in [4.78, 5) is 4.51. The first-order valence-electron chi connectivity index (χ1n) is 4.73. The predicted octanol–water partition coefficient (Wildman–Crippen LogP) is 4.33. The van der Waals surface area contributed by atoms with E-state index in [0.717, 1.165) is 10.5 Å². The van der Waals surface area contributed by atoms with E-state index in [0.29, 0.717) is 0 Å². The van der Waals surface area contributed by atoms with E-state index in [2.05, 4.69) is 46.9 Å². The number of thiazole rings is 1. The average molecular weight is 231 g/mol. The van der Waals surface area contributed by atoms with Crippen LogP contribution in [0, 0.1) is 6.92 Å². The Hall–Kier alpha value is -1.19. The summed E-state index contributed by atoms with van der Waals surface area (Å²) in [5.41, 5.74) is 3.66. The molecular formula is C12H9NS2. The first-order chi connectivity index (χ1) is 7.33. The Morgan fingerprint density at radius 1 is 1.13 bits per heavy atom. The highest BCUT2D eigenvalue weighted by Crippen LogP contribution is 2.28. The summed E-state index contributed by atoms with van der Waals surface area (Å²) in [7, 11) is 0. The Balaban J connectivity index is 2.21. The van der Waals surface area contributed by atoms with Crippen molar-refractivity contribution in [2.45, 2.75) is 6.92 Å². The number of benzene rings is 1. The third-order valence-electron chi connectivity index (χ3n) is 2.35. The van der Waals surface area contributed by atoms with Crippen LogP contribution in [0.3, 0.4) is 0 Å². The fraction of sp³-hybridized carbons (Fsp3) is 0.0833. The molecule has 1 nitrogen and oxygen atoms in total. The topological polar surface area (TPSA) is 12.9 Å². The van der Waals surface area contributed by atoms with Crippen molar-refractivity contribution < 1.29 is 0 Å². The number of rotatable bonds is 1. The highest BCUT2D eigenvalue weighted by Gasteiger charge is 2.03. The number of aryl methyl sites for hydroxylation is 1. The van der Waals surface area contributed by atoms with Crippen molar-refractivity contribution in [3.63, 3.8) is 0 Å². The molecule has 0 atom stereocenters. The second-order valence-corrected chi connectivity index (χ2v) is 5.44.